The summed E-state index contributed by atoms with van der Waals surface area (Å²) in [4.78, 5) is 7.72. The van der Waals surface area contributed by atoms with Gasteiger partial charge in [0.2, 0.25) is 5.95 Å². The van der Waals surface area contributed by atoms with Gasteiger partial charge in [0.25, 0.3) is 0 Å². The Bertz CT molecular complexity index is 640. The second-order valence-electron chi connectivity index (χ2n) is 4.36. The molecular formula is C15H14ClN3. The minimum absolute atomic E-state index is 0.649. The first-order valence-electron chi connectivity index (χ1n) is 6.22. The lowest BCUT2D eigenvalue weighted by molar-refractivity contribution is 1.15. The fourth-order valence-electron chi connectivity index (χ4n) is 2.01. The predicted octanol–water partition coefficient (Wildman–Crippen LogP) is 4.09. The third kappa shape index (κ3) is 2.71. The highest BCUT2D eigenvalue weighted by atomic mass is 35.5. The van der Waals surface area contributed by atoms with Crippen LogP contribution in [0.3, 0.4) is 0 Å². The van der Waals surface area contributed by atoms with Gasteiger partial charge in [0.15, 0.2) is 0 Å². The lowest BCUT2D eigenvalue weighted by atomic mass is 10.1. The van der Waals surface area contributed by atoms with Crippen molar-refractivity contribution in [2.75, 3.05) is 11.2 Å². The van der Waals surface area contributed by atoms with E-state index in [-0.39, 0.29) is 0 Å². The number of hydrogen-bond donors (Lipinski definition) is 2. The van der Waals surface area contributed by atoms with Crippen molar-refractivity contribution in [2.45, 2.75) is 6.42 Å². The number of aromatic amines is 1. The molecule has 3 nitrogen and oxygen atoms in total. The van der Waals surface area contributed by atoms with Crippen LogP contribution in [0.4, 0.5) is 11.6 Å². The van der Waals surface area contributed by atoms with Gasteiger partial charge in [-0.3, -0.25) is 0 Å². The summed E-state index contributed by atoms with van der Waals surface area (Å²) in [7, 11) is 0. The van der Waals surface area contributed by atoms with Gasteiger partial charge in [0, 0.05) is 11.6 Å². The monoisotopic (exact) mass is 271 g/mol. The maximum absolute atomic E-state index is 5.72. The van der Waals surface area contributed by atoms with Gasteiger partial charge < -0.3 is 10.3 Å². The number of alkyl halides is 1. The zero-order chi connectivity index (χ0) is 13.1. The number of aryl methyl sites for hydroxylation is 1. The molecule has 0 unspecified atom stereocenters. The molecule has 3 rings (SSSR count). The first-order valence-corrected chi connectivity index (χ1v) is 6.75. The number of aromatic nitrogens is 2. The van der Waals surface area contributed by atoms with Crippen molar-refractivity contribution in [1.29, 1.82) is 0 Å². The number of nitrogens with zero attached hydrogens (tertiary/aromatic N) is 1. The number of benzene rings is 2. The largest absolute Gasteiger partial charge is 0.326 e. The Morgan fingerprint density at radius 1 is 1.05 bits per heavy atom. The number of H-pyrrole nitrogens is 1. The Hall–Kier alpha value is -2.00. The third-order valence-electron chi connectivity index (χ3n) is 2.99. The van der Waals surface area contributed by atoms with Gasteiger partial charge in [-0.2, -0.15) is 0 Å². The SMILES string of the molecule is ClCCc1ccc(Nc2nc3ccccc3[nH]2)cc1. The molecule has 1 aromatic heterocycles. The minimum atomic E-state index is 0.649. The molecule has 0 saturated carbocycles. The molecule has 2 N–H and O–H groups in total. The number of nitrogens with one attached hydrogen (secondary N) is 2. The Morgan fingerprint density at radius 3 is 2.58 bits per heavy atom. The maximum atomic E-state index is 5.72. The van der Waals surface area contributed by atoms with Crippen molar-refractivity contribution >= 4 is 34.3 Å². The van der Waals surface area contributed by atoms with E-state index in [1.54, 1.807) is 0 Å². The average molecular weight is 272 g/mol. The highest BCUT2D eigenvalue weighted by Gasteiger charge is 2.02. The predicted molar refractivity (Wildman–Crippen MR) is 80.2 cm³/mol. The minimum Gasteiger partial charge on any atom is -0.326 e. The van der Waals surface area contributed by atoms with Gasteiger partial charge in [0.05, 0.1) is 11.0 Å². The number of para-hydroxylation sites is 2. The normalized spacial score (nSPS) is 10.8. The van der Waals surface area contributed by atoms with E-state index in [1.165, 1.54) is 5.56 Å². The summed E-state index contributed by atoms with van der Waals surface area (Å²) in [6, 6.07) is 16.2. The molecule has 0 spiro atoms. The van der Waals surface area contributed by atoms with Crippen LogP contribution in [0.2, 0.25) is 0 Å². The van der Waals surface area contributed by atoms with Gasteiger partial charge in [-0.05, 0) is 36.2 Å². The fourth-order valence-corrected chi connectivity index (χ4v) is 2.23. The average Bonchev–Trinajstić information content (AvgIpc) is 2.83. The molecule has 2 aromatic carbocycles. The second kappa shape index (κ2) is 5.33. The van der Waals surface area contributed by atoms with Crippen molar-refractivity contribution in [2.24, 2.45) is 0 Å². The van der Waals surface area contributed by atoms with E-state index in [9.17, 15) is 0 Å². The topological polar surface area (TPSA) is 40.7 Å². The van der Waals surface area contributed by atoms with E-state index in [4.69, 9.17) is 11.6 Å². The van der Waals surface area contributed by atoms with E-state index >= 15 is 0 Å². The molecule has 4 heteroatoms. The molecule has 0 atom stereocenters. The van der Waals surface area contributed by atoms with Crippen molar-refractivity contribution in [3.8, 4) is 0 Å². The van der Waals surface area contributed by atoms with Crippen LogP contribution in [0.5, 0.6) is 0 Å². The van der Waals surface area contributed by atoms with Crippen molar-refractivity contribution in [3.63, 3.8) is 0 Å². The molecule has 0 aliphatic heterocycles. The van der Waals surface area contributed by atoms with Crippen LogP contribution in [0.1, 0.15) is 5.56 Å². The molecule has 0 bridgehead atoms. The lowest BCUT2D eigenvalue weighted by Crippen LogP contribution is -1.93. The molecule has 96 valence electrons. The summed E-state index contributed by atoms with van der Waals surface area (Å²) in [5.74, 6) is 1.40. The van der Waals surface area contributed by atoms with Crippen LogP contribution in [0, 0.1) is 0 Å². The first-order chi connectivity index (χ1) is 9.35. The molecule has 0 aliphatic carbocycles. The smallest absolute Gasteiger partial charge is 0.205 e. The zero-order valence-corrected chi connectivity index (χ0v) is 11.1. The third-order valence-corrected chi connectivity index (χ3v) is 3.18. The summed E-state index contributed by atoms with van der Waals surface area (Å²) in [6.45, 7) is 0. The number of anilines is 2. The zero-order valence-electron chi connectivity index (χ0n) is 10.4. The van der Waals surface area contributed by atoms with Crippen LogP contribution < -0.4 is 5.32 Å². The van der Waals surface area contributed by atoms with Crippen LogP contribution in [-0.2, 0) is 6.42 Å². The number of fused-ring (bicyclic) bond motifs is 1. The molecule has 0 aliphatic rings. The van der Waals surface area contributed by atoms with Crippen LogP contribution >= 0.6 is 11.6 Å². The maximum Gasteiger partial charge on any atom is 0.205 e. The van der Waals surface area contributed by atoms with Crippen LogP contribution in [0.15, 0.2) is 48.5 Å². The van der Waals surface area contributed by atoms with E-state index < -0.39 is 0 Å². The number of hydrogen-bond acceptors (Lipinski definition) is 2. The lowest BCUT2D eigenvalue weighted by Gasteiger charge is -2.03. The molecule has 0 amide bonds. The summed E-state index contributed by atoms with van der Waals surface area (Å²) in [5, 5.41) is 3.26. The van der Waals surface area contributed by atoms with Crippen molar-refractivity contribution < 1.29 is 0 Å². The van der Waals surface area contributed by atoms with Crippen LogP contribution in [0.25, 0.3) is 11.0 Å². The molecule has 0 fully saturated rings. The van der Waals surface area contributed by atoms with Crippen molar-refractivity contribution in [3.05, 3.63) is 54.1 Å². The Labute approximate surface area is 116 Å². The van der Waals surface area contributed by atoms with Gasteiger partial charge in [-0.25, -0.2) is 4.98 Å². The van der Waals surface area contributed by atoms with Gasteiger partial charge in [-0.15, -0.1) is 11.6 Å². The van der Waals surface area contributed by atoms with E-state index in [0.717, 1.165) is 29.1 Å². The molecule has 1 heterocycles. The van der Waals surface area contributed by atoms with Gasteiger partial charge >= 0.3 is 0 Å². The molecular weight excluding hydrogens is 258 g/mol. The first kappa shape index (κ1) is 12.1. The van der Waals surface area contributed by atoms with Crippen molar-refractivity contribution in [1.82, 2.24) is 9.97 Å². The number of rotatable bonds is 4. The Kier molecular flexibility index (Phi) is 3.38. The highest BCUT2D eigenvalue weighted by molar-refractivity contribution is 6.17. The standard InChI is InChI=1S/C15H14ClN3/c16-10-9-11-5-7-12(8-6-11)17-15-18-13-3-1-2-4-14(13)19-15/h1-8H,9-10H2,(H2,17,18,19). The number of halogens is 1. The van der Waals surface area contributed by atoms with Gasteiger partial charge in [0.1, 0.15) is 0 Å². The molecule has 19 heavy (non-hydrogen) atoms. The second-order valence-corrected chi connectivity index (χ2v) is 4.74. The molecule has 0 radical (unpaired) electrons. The molecule has 0 saturated heterocycles. The highest BCUT2D eigenvalue weighted by Crippen LogP contribution is 2.18. The van der Waals surface area contributed by atoms with Gasteiger partial charge in [-0.1, -0.05) is 24.3 Å². The summed E-state index contributed by atoms with van der Waals surface area (Å²) in [6.07, 6.45) is 0.895. The fraction of sp³-hybridized carbons (Fsp3) is 0.133. The van der Waals surface area contributed by atoms with Crippen LogP contribution in [-0.4, -0.2) is 15.8 Å². The quantitative estimate of drug-likeness (QED) is 0.702. The Balaban J connectivity index is 1.80. The number of imidazole rings is 1. The van der Waals surface area contributed by atoms with E-state index in [1.807, 2.05) is 36.4 Å². The summed E-state index contributed by atoms with van der Waals surface area (Å²) < 4.78 is 0. The Morgan fingerprint density at radius 2 is 1.84 bits per heavy atom. The summed E-state index contributed by atoms with van der Waals surface area (Å²) >= 11 is 5.72. The van der Waals surface area contributed by atoms with E-state index in [0.29, 0.717) is 5.88 Å². The summed E-state index contributed by atoms with van der Waals surface area (Å²) in [5.41, 5.74) is 4.25. The molecule has 3 aromatic rings. The van der Waals surface area contributed by atoms with E-state index in [2.05, 4.69) is 27.4 Å².